The molecule has 0 amide bonds. The van der Waals surface area contributed by atoms with E-state index >= 15 is 0 Å². The Morgan fingerprint density at radius 1 is 1.28 bits per heavy atom. The van der Waals surface area contributed by atoms with Crippen molar-refractivity contribution in [1.82, 2.24) is 0 Å². The van der Waals surface area contributed by atoms with Gasteiger partial charge >= 0.3 is 0 Å². The van der Waals surface area contributed by atoms with Gasteiger partial charge in [-0.1, -0.05) is 68.5 Å². The van der Waals surface area contributed by atoms with E-state index in [1.807, 2.05) is 6.08 Å². The molecule has 0 spiro atoms. The summed E-state index contributed by atoms with van der Waals surface area (Å²) in [4.78, 5) is 0. The van der Waals surface area contributed by atoms with Crippen molar-refractivity contribution in [2.24, 2.45) is 5.92 Å². The molecular formula is C18H24. The van der Waals surface area contributed by atoms with Crippen LogP contribution in [-0.2, 0) is 0 Å². The highest BCUT2D eigenvalue weighted by atomic mass is 14.1. The molecule has 1 aromatic carbocycles. The summed E-state index contributed by atoms with van der Waals surface area (Å²) < 4.78 is 0. The first-order chi connectivity index (χ1) is 8.63. The van der Waals surface area contributed by atoms with Gasteiger partial charge in [0.15, 0.2) is 0 Å². The predicted octanol–water partition coefficient (Wildman–Crippen LogP) is 5.56. The maximum absolute atomic E-state index is 3.98. The van der Waals surface area contributed by atoms with Gasteiger partial charge in [0.1, 0.15) is 0 Å². The number of hydrogen-bond donors (Lipinski definition) is 0. The normalized spacial score (nSPS) is 14.4. The van der Waals surface area contributed by atoms with Gasteiger partial charge in [0.25, 0.3) is 0 Å². The standard InChI is InChI=1S/C18H24/c1-6-9-18(17(8-3)15(5)7-2)16-12-10-14(4)11-13-16/h6,8-13,15H,3,7H2,1-2,4-5H3/b9-6-,18-17-. The van der Waals surface area contributed by atoms with E-state index in [4.69, 9.17) is 0 Å². The fourth-order valence-corrected chi connectivity index (χ4v) is 2.06. The summed E-state index contributed by atoms with van der Waals surface area (Å²) in [7, 11) is 0. The summed E-state index contributed by atoms with van der Waals surface area (Å²) in [5.41, 5.74) is 5.19. The van der Waals surface area contributed by atoms with Crippen molar-refractivity contribution in [2.45, 2.75) is 34.1 Å². The second-order valence-corrected chi connectivity index (χ2v) is 4.75. The molecule has 18 heavy (non-hydrogen) atoms. The van der Waals surface area contributed by atoms with E-state index in [0.717, 1.165) is 6.42 Å². The first kappa shape index (κ1) is 14.5. The van der Waals surface area contributed by atoms with Gasteiger partial charge in [0.05, 0.1) is 0 Å². The van der Waals surface area contributed by atoms with Crippen molar-refractivity contribution in [1.29, 1.82) is 0 Å². The molecule has 0 aliphatic carbocycles. The number of aryl methyl sites for hydroxylation is 1. The molecule has 0 aliphatic heterocycles. The van der Waals surface area contributed by atoms with Gasteiger partial charge in [-0.25, -0.2) is 0 Å². The van der Waals surface area contributed by atoms with E-state index in [1.54, 1.807) is 0 Å². The number of rotatable bonds is 5. The Hall–Kier alpha value is -1.56. The lowest BCUT2D eigenvalue weighted by Crippen LogP contribution is -1.99. The van der Waals surface area contributed by atoms with Gasteiger partial charge in [-0.05, 0) is 42.9 Å². The monoisotopic (exact) mass is 240 g/mol. The van der Waals surface area contributed by atoms with Crippen LogP contribution in [0.1, 0.15) is 38.3 Å². The van der Waals surface area contributed by atoms with Crippen molar-refractivity contribution < 1.29 is 0 Å². The van der Waals surface area contributed by atoms with E-state index in [0.29, 0.717) is 5.92 Å². The van der Waals surface area contributed by atoms with Crippen LogP contribution in [0.2, 0.25) is 0 Å². The number of hydrogen-bond acceptors (Lipinski definition) is 0. The molecule has 1 unspecified atom stereocenters. The second kappa shape index (κ2) is 7.00. The van der Waals surface area contributed by atoms with E-state index in [1.165, 1.54) is 22.3 Å². The molecule has 96 valence electrons. The molecule has 0 aromatic heterocycles. The molecule has 0 heterocycles. The highest BCUT2D eigenvalue weighted by Gasteiger charge is 2.09. The predicted molar refractivity (Wildman–Crippen MR) is 82.6 cm³/mol. The van der Waals surface area contributed by atoms with Crippen molar-refractivity contribution in [3.05, 3.63) is 65.8 Å². The van der Waals surface area contributed by atoms with Crippen LogP contribution in [0, 0.1) is 12.8 Å². The zero-order valence-corrected chi connectivity index (χ0v) is 12.0. The van der Waals surface area contributed by atoms with Gasteiger partial charge in [-0.2, -0.15) is 0 Å². The molecule has 0 N–H and O–H groups in total. The van der Waals surface area contributed by atoms with Gasteiger partial charge in [0, 0.05) is 0 Å². The second-order valence-electron chi connectivity index (χ2n) is 4.75. The summed E-state index contributed by atoms with van der Waals surface area (Å²) in [5, 5.41) is 0. The third-order valence-electron chi connectivity index (χ3n) is 3.37. The van der Waals surface area contributed by atoms with Crippen LogP contribution in [0.3, 0.4) is 0 Å². The summed E-state index contributed by atoms with van der Waals surface area (Å²) in [6.45, 7) is 12.6. The third kappa shape index (κ3) is 3.46. The Bertz CT molecular complexity index is 443. The lowest BCUT2D eigenvalue weighted by molar-refractivity contribution is 0.673. The van der Waals surface area contributed by atoms with E-state index in [-0.39, 0.29) is 0 Å². The fraction of sp³-hybridized carbons (Fsp3) is 0.333. The molecule has 1 aromatic rings. The van der Waals surface area contributed by atoms with Crippen LogP contribution in [0.4, 0.5) is 0 Å². The van der Waals surface area contributed by atoms with E-state index < -0.39 is 0 Å². The van der Waals surface area contributed by atoms with Crippen LogP contribution in [0.25, 0.3) is 5.57 Å². The summed E-state index contributed by atoms with van der Waals surface area (Å²) >= 11 is 0. The largest absolute Gasteiger partial charge is 0.0988 e. The SMILES string of the molecule is C=C/C(=C(\C=C/C)c1ccc(C)cc1)C(C)CC. The van der Waals surface area contributed by atoms with Crippen molar-refractivity contribution in [2.75, 3.05) is 0 Å². The minimum atomic E-state index is 0.537. The highest BCUT2D eigenvalue weighted by Crippen LogP contribution is 2.28. The molecule has 1 rings (SSSR count). The van der Waals surface area contributed by atoms with Crippen molar-refractivity contribution in [3.63, 3.8) is 0 Å². The van der Waals surface area contributed by atoms with Gasteiger partial charge in [-0.3, -0.25) is 0 Å². The average molecular weight is 240 g/mol. The lowest BCUT2D eigenvalue weighted by atomic mass is 9.89. The van der Waals surface area contributed by atoms with Crippen LogP contribution in [0.15, 0.2) is 54.6 Å². The molecule has 0 fully saturated rings. The number of allylic oxidation sites excluding steroid dienone is 5. The van der Waals surface area contributed by atoms with Crippen molar-refractivity contribution in [3.8, 4) is 0 Å². The van der Waals surface area contributed by atoms with Gasteiger partial charge < -0.3 is 0 Å². The topological polar surface area (TPSA) is 0 Å². The zero-order valence-electron chi connectivity index (χ0n) is 12.0. The van der Waals surface area contributed by atoms with Gasteiger partial charge in [-0.15, -0.1) is 0 Å². The van der Waals surface area contributed by atoms with E-state index in [9.17, 15) is 0 Å². The summed E-state index contributed by atoms with van der Waals surface area (Å²) in [6, 6.07) is 8.71. The maximum Gasteiger partial charge on any atom is -0.0153 e. The molecule has 0 bridgehead atoms. The average Bonchev–Trinajstić information content (AvgIpc) is 2.39. The Balaban J connectivity index is 3.35. The molecule has 0 nitrogen and oxygen atoms in total. The molecule has 0 radical (unpaired) electrons. The Morgan fingerprint density at radius 2 is 1.89 bits per heavy atom. The Morgan fingerprint density at radius 3 is 2.33 bits per heavy atom. The van der Waals surface area contributed by atoms with Crippen molar-refractivity contribution >= 4 is 5.57 Å². The Labute approximate surface area is 112 Å². The third-order valence-corrected chi connectivity index (χ3v) is 3.37. The molecule has 0 saturated heterocycles. The smallest absolute Gasteiger partial charge is 0.0153 e. The molecule has 0 aliphatic rings. The summed E-state index contributed by atoms with van der Waals surface area (Å²) in [6.07, 6.45) is 7.42. The molecular weight excluding hydrogens is 216 g/mol. The highest BCUT2D eigenvalue weighted by molar-refractivity contribution is 5.78. The molecule has 0 heteroatoms. The minimum Gasteiger partial charge on any atom is -0.0988 e. The van der Waals surface area contributed by atoms with E-state index in [2.05, 4.69) is 70.7 Å². The van der Waals surface area contributed by atoms with Crippen LogP contribution < -0.4 is 0 Å². The first-order valence-electron chi connectivity index (χ1n) is 6.70. The zero-order chi connectivity index (χ0) is 13.5. The molecule has 1 atom stereocenters. The van der Waals surface area contributed by atoms with Gasteiger partial charge in [0.2, 0.25) is 0 Å². The van der Waals surface area contributed by atoms with Crippen LogP contribution in [0.5, 0.6) is 0 Å². The van der Waals surface area contributed by atoms with Crippen LogP contribution >= 0.6 is 0 Å². The lowest BCUT2D eigenvalue weighted by Gasteiger charge is -2.15. The fourth-order valence-electron chi connectivity index (χ4n) is 2.06. The Kier molecular flexibility index (Phi) is 5.64. The molecule has 0 saturated carbocycles. The first-order valence-corrected chi connectivity index (χ1v) is 6.70. The minimum absolute atomic E-state index is 0.537. The number of benzene rings is 1. The summed E-state index contributed by atoms with van der Waals surface area (Å²) in [5.74, 6) is 0.537. The van der Waals surface area contributed by atoms with Crippen LogP contribution in [-0.4, -0.2) is 0 Å². The quantitative estimate of drug-likeness (QED) is 0.591. The maximum atomic E-state index is 3.98.